The van der Waals surface area contributed by atoms with Crippen LogP contribution in [-0.4, -0.2) is 16.9 Å². The van der Waals surface area contributed by atoms with Crippen LogP contribution in [0.25, 0.3) is 6.08 Å². The van der Waals surface area contributed by atoms with Crippen LogP contribution in [0.2, 0.25) is 0 Å². The normalized spacial score (nSPS) is 12.1. The summed E-state index contributed by atoms with van der Waals surface area (Å²) in [6.45, 7) is 1.40. The van der Waals surface area contributed by atoms with Gasteiger partial charge in [0.25, 0.3) is 0 Å². The van der Waals surface area contributed by atoms with E-state index in [4.69, 9.17) is 10.4 Å². The second kappa shape index (κ2) is 6.12. The van der Waals surface area contributed by atoms with Crippen LogP contribution >= 0.6 is 15.9 Å². The summed E-state index contributed by atoms with van der Waals surface area (Å²) in [5.41, 5.74) is 1.37. The average Bonchev–Trinajstić information content (AvgIpc) is 2.34. The first-order valence-corrected chi connectivity index (χ1v) is 5.97. The van der Waals surface area contributed by atoms with Gasteiger partial charge in [-0.3, -0.25) is 4.79 Å². The van der Waals surface area contributed by atoms with Gasteiger partial charge in [0.1, 0.15) is 5.78 Å². The Morgan fingerprint density at radius 1 is 1.50 bits per heavy atom. The van der Waals surface area contributed by atoms with Crippen LogP contribution < -0.4 is 0 Å². The van der Waals surface area contributed by atoms with Crippen LogP contribution in [0.4, 0.5) is 0 Å². The Kier molecular flexibility index (Phi) is 4.81. The third-order valence-electron chi connectivity index (χ3n) is 2.28. The number of benzene rings is 1. The Morgan fingerprint density at radius 2 is 2.17 bits per heavy atom. The lowest BCUT2D eigenvalue weighted by Crippen LogP contribution is -2.05. The zero-order chi connectivity index (χ0) is 13.7. The van der Waals surface area contributed by atoms with Gasteiger partial charge in [0.15, 0.2) is 0 Å². The molecule has 1 aromatic carbocycles. The van der Waals surface area contributed by atoms with Crippen molar-refractivity contribution in [2.75, 3.05) is 0 Å². The largest absolute Gasteiger partial charge is 0.478 e. The number of carboxylic acid groups (broad SMARTS) is 1. The molecule has 1 rings (SSSR count). The molecule has 92 valence electrons. The lowest BCUT2D eigenvalue weighted by Gasteiger charge is -2.12. The molecule has 0 amide bonds. The smallest absolute Gasteiger partial charge is 0.328 e. The van der Waals surface area contributed by atoms with Gasteiger partial charge in [-0.1, -0.05) is 28.1 Å². The molecular weight excluding hydrogens is 298 g/mol. The minimum atomic E-state index is -1.09. The van der Waals surface area contributed by atoms with Crippen molar-refractivity contribution in [3.05, 3.63) is 41.0 Å². The number of halogens is 1. The number of aliphatic carboxylic acids is 1. The van der Waals surface area contributed by atoms with Crippen molar-refractivity contribution in [1.82, 2.24) is 0 Å². The van der Waals surface area contributed by atoms with Crippen molar-refractivity contribution in [2.45, 2.75) is 11.8 Å². The van der Waals surface area contributed by atoms with Crippen LogP contribution in [0.1, 0.15) is 28.4 Å². The number of ketones is 1. The van der Waals surface area contributed by atoms with Crippen LogP contribution in [0.15, 0.2) is 24.3 Å². The maximum absolute atomic E-state index is 11.4. The molecule has 0 aliphatic heterocycles. The van der Waals surface area contributed by atoms with E-state index >= 15 is 0 Å². The molecule has 18 heavy (non-hydrogen) atoms. The predicted molar refractivity (Wildman–Crippen MR) is 70.2 cm³/mol. The van der Waals surface area contributed by atoms with E-state index in [-0.39, 0.29) is 5.78 Å². The molecule has 5 heteroatoms. The highest BCUT2D eigenvalue weighted by Gasteiger charge is 2.19. The fourth-order valence-electron chi connectivity index (χ4n) is 1.47. The number of hydrogen-bond acceptors (Lipinski definition) is 3. The van der Waals surface area contributed by atoms with E-state index in [1.807, 2.05) is 6.07 Å². The number of hydrogen-bond donors (Lipinski definition) is 1. The first-order valence-electron chi connectivity index (χ1n) is 5.06. The molecule has 1 atom stereocenters. The summed E-state index contributed by atoms with van der Waals surface area (Å²) in [6, 6.07) is 6.89. The molecule has 0 fully saturated rings. The third kappa shape index (κ3) is 3.28. The number of rotatable bonds is 4. The highest BCUT2D eigenvalue weighted by molar-refractivity contribution is 9.09. The number of alkyl halides is 1. The second-order valence-corrected chi connectivity index (χ2v) is 4.48. The molecule has 0 saturated carbocycles. The summed E-state index contributed by atoms with van der Waals surface area (Å²) in [7, 11) is 0. The molecule has 1 aromatic rings. The minimum Gasteiger partial charge on any atom is -0.478 e. The van der Waals surface area contributed by atoms with Crippen LogP contribution in [0.3, 0.4) is 0 Å². The van der Waals surface area contributed by atoms with Gasteiger partial charge in [-0.15, -0.1) is 0 Å². The van der Waals surface area contributed by atoms with E-state index in [1.54, 1.807) is 18.2 Å². The summed E-state index contributed by atoms with van der Waals surface area (Å²) in [5, 5.41) is 17.6. The summed E-state index contributed by atoms with van der Waals surface area (Å²) in [6.07, 6.45) is 2.34. The Bertz CT molecular complexity index is 558. The lowest BCUT2D eigenvalue weighted by atomic mass is 9.97. The van der Waals surface area contributed by atoms with E-state index in [0.717, 1.165) is 6.08 Å². The molecule has 4 nitrogen and oxygen atoms in total. The van der Waals surface area contributed by atoms with Gasteiger partial charge in [0.2, 0.25) is 0 Å². The van der Waals surface area contributed by atoms with Crippen LogP contribution in [-0.2, 0) is 9.59 Å². The van der Waals surface area contributed by atoms with Gasteiger partial charge in [0, 0.05) is 6.08 Å². The molecule has 0 heterocycles. The maximum atomic E-state index is 11.4. The van der Waals surface area contributed by atoms with Gasteiger partial charge in [-0.25, -0.2) is 4.79 Å². The fourth-order valence-corrected chi connectivity index (χ4v) is 1.98. The third-order valence-corrected chi connectivity index (χ3v) is 3.38. The van der Waals surface area contributed by atoms with Gasteiger partial charge >= 0.3 is 5.97 Å². The predicted octanol–water partition coefficient (Wildman–Crippen LogP) is 2.68. The zero-order valence-electron chi connectivity index (χ0n) is 9.55. The van der Waals surface area contributed by atoms with E-state index in [2.05, 4.69) is 15.9 Å². The Hall–Kier alpha value is -1.93. The molecule has 1 unspecified atom stereocenters. The van der Waals surface area contributed by atoms with E-state index in [1.165, 1.54) is 13.0 Å². The van der Waals surface area contributed by atoms with Crippen LogP contribution in [0.5, 0.6) is 0 Å². The Morgan fingerprint density at radius 3 is 2.67 bits per heavy atom. The average molecular weight is 308 g/mol. The molecule has 0 aliphatic carbocycles. The van der Waals surface area contributed by atoms with Gasteiger partial charge in [-0.2, -0.15) is 5.26 Å². The van der Waals surface area contributed by atoms with Crippen molar-refractivity contribution < 1.29 is 14.7 Å². The summed E-state index contributed by atoms with van der Waals surface area (Å²) in [5.74, 6) is -1.24. The monoisotopic (exact) mass is 307 g/mol. The minimum absolute atomic E-state index is 0.150. The molecule has 0 aliphatic rings. The number of carbonyl (C=O) groups excluding carboxylic acids is 1. The second-order valence-electron chi connectivity index (χ2n) is 3.57. The highest BCUT2D eigenvalue weighted by atomic mass is 79.9. The van der Waals surface area contributed by atoms with Crippen LogP contribution in [0, 0.1) is 11.3 Å². The van der Waals surface area contributed by atoms with Crippen molar-refractivity contribution in [3.8, 4) is 6.07 Å². The summed E-state index contributed by atoms with van der Waals surface area (Å²) >= 11 is 3.22. The van der Waals surface area contributed by atoms with E-state index in [9.17, 15) is 9.59 Å². The molecule has 0 radical (unpaired) electrons. The van der Waals surface area contributed by atoms with E-state index in [0.29, 0.717) is 16.7 Å². The van der Waals surface area contributed by atoms with Gasteiger partial charge < -0.3 is 5.11 Å². The molecule has 0 saturated heterocycles. The van der Waals surface area contributed by atoms with Crippen molar-refractivity contribution >= 4 is 33.8 Å². The zero-order valence-corrected chi connectivity index (χ0v) is 11.1. The fraction of sp³-hybridized carbons (Fsp3) is 0.154. The molecule has 0 bridgehead atoms. The summed E-state index contributed by atoms with van der Waals surface area (Å²) in [4.78, 5) is 21.3. The number of nitrogens with zero attached hydrogens (tertiary/aromatic N) is 1. The number of carbonyl (C=O) groups is 2. The first-order chi connectivity index (χ1) is 8.47. The van der Waals surface area contributed by atoms with Gasteiger partial charge in [-0.05, 0) is 30.2 Å². The first kappa shape index (κ1) is 14.1. The summed E-state index contributed by atoms with van der Waals surface area (Å²) < 4.78 is 0. The van der Waals surface area contributed by atoms with Crippen molar-refractivity contribution in [2.24, 2.45) is 0 Å². The van der Waals surface area contributed by atoms with Crippen molar-refractivity contribution in [3.63, 3.8) is 0 Å². The molecular formula is C13H10BrNO3. The Labute approximate surface area is 113 Å². The quantitative estimate of drug-likeness (QED) is 0.685. The van der Waals surface area contributed by atoms with E-state index < -0.39 is 10.8 Å². The van der Waals surface area contributed by atoms with Crippen molar-refractivity contribution in [1.29, 1.82) is 5.26 Å². The SMILES string of the molecule is CC(=O)C(Br)c1c(C#N)cccc1C=CC(=O)O. The Balaban J connectivity index is 3.39. The highest BCUT2D eigenvalue weighted by Crippen LogP contribution is 2.30. The topological polar surface area (TPSA) is 78.2 Å². The molecule has 0 aromatic heterocycles. The number of nitriles is 1. The number of Topliss-reactive ketones (excluding diaryl/α,β-unsaturated/α-hetero) is 1. The lowest BCUT2D eigenvalue weighted by molar-refractivity contribution is -0.131. The molecule has 1 N–H and O–H groups in total. The maximum Gasteiger partial charge on any atom is 0.328 e. The standard InChI is InChI=1S/C13H10BrNO3/c1-8(16)13(14)12-9(5-6-11(17)18)3-2-4-10(12)7-15/h2-6,13H,1H3,(H,17,18). The van der Waals surface area contributed by atoms with Gasteiger partial charge in [0.05, 0.1) is 16.5 Å². The number of carboxylic acids is 1. The molecule has 0 spiro atoms.